The first-order valence-corrected chi connectivity index (χ1v) is 11.8. The van der Waals surface area contributed by atoms with Crippen LogP contribution in [-0.4, -0.2) is 39.3 Å². The molecule has 0 radical (unpaired) electrons. The molecule has 32 heavy (non-hydrogen) atoms. The number of carbonyl (C=O) groups is 1. The number of hydrogen-bond donors (Lipinski definition) is 1. The Morgan fingerprint density at radius 3 is 1.91 bits per heavy atom. The molecule has 0 saturated carbocycles. The van der Waals surface area contributed by atoms with E-state index in [1.54, 1.807) is 6.07 Å². The topological polar surface area (TPSA) is 69.7 Å². The first-order chi connectivity index (χ1) is 15.2. The zero-order chi connectivity index (χ0) is 23.3. The molecule has 0 saturated heterocycles. The molecule has 0 aromatic heterocycles. The largest absolute Gasteiger partial charge is 0.344 e. The molecule has 0 fully saturated rings. The van der Waals surface area contributed by atoms with Gasteiger partial charge in [0.2, 0.25) is 5.91 Å². The highest BCUT2D eigenvalue weighted by molar-refractivity contribution is 7.90. The van der Waals surface area contributed by atoms with Crippen LogP contribution in [0.4, 0.5) is 5.69 Å². The number of benzene rings is 3. The molecule has 0 aliphatic rings. The summed E-state index contributed by atoms with van der Waals surface area (Å²) in [5.41, 5.74) is 4.01. The number of rotatable bonds is 8. The van der Waals surface area contributed by atoms with E-state index in [1.807, 2.05) is 86.6 Å². The van der Waals surface area contributed by atoms with Crippen molar-refractivity contribution in [2.45, 2.75) is 19.9 Å². The highest BCUT2D eigenvalue weighted by Gasteiger charge is 2.29. The molecule has 3 aromatic carbocycles. The van der Waals surface area contributed by atoms with E-state index in [4.69, 9.17) is 0 Å². The molecule has 6 nitrogen and oxygen atoms in total. The molecule has 168 valence electrons. The van der Waals surface area contributed by atoms with Crippen molar-refractivity contribution in [2.75, 3.05) is 24.9 Å². The normalized spacial score (nSPS) is 11.6. The van der Waals surface area contributed by atoms with E-state index in [9.17, 15) is 13.2 Å². The third-order valence-electron chi connectivity index (χ3n) is 5.23. The van der Waals surface area contributed by atoms with Crippen molar-refractivity contribution in [3.05, 3.63) is 101 Å². The van der Waals surface area contributed by atoms with E-state index in [0.29, 0.717) is 5.69 Å². The summed E-state index contributed by atoms with van der Waals surface area (Å²) in [6.07, 6.45) is 0. The molecule has 0 spiro atoms. The first kappa shape index (κ1) is 23.5. The van der Waals surface area contributed by atoms with Crippen LogP contribution in [0.25, 0.3) is 0 Å². The molecule has 1 amide bonds. The predicted octanol–water partition coefficient (Wildman–Crippen LogP) is 3.82. The fraction of sp³-hybridized carbons (Fsp3) is 0.240. The SMILES string of the molecule is Cc1ccc(C)c(N(CC(=O)NC(c2ccccc2)c2ccccc2)S(=O)(=O)N(C)C)c1. The maximum atomic E-state index is 13.2. The molecule has 0 heterocycles. The fourth-order valence-electron chi connectivity index (χ4n) is 3.46. The Labute approximate surface area is 190 Å². The second-order valence-electron chi connectivity index (χ2n) is 7.91. The standard InChI is InChI=1S/C25H29N3O3S/c1-19-15-16-20(2)23(17-19)28(32(30,31)27(3)4)18-24(29)26-25(21-11-7-5-8-12-21)22-13-9-6-10-14-22/h5-17,25H,18H2,1-4H3,(H,26,29). The van der Waals surface area contributed by atoms with E-state index >= 15 is 0 Å². The number of hydrogen-bond acceptors (Lipinski definition) is 3. The van der Waals surface area contributed by atoms with Gasteiger partial charge >= 0.3 is 10.2 Å². The first-order valence-electron chi connectivity index (χ1n) is 10.4. The highest BCUT2D eigenvalue weighted by atomic mass is 32.2. The Balaban J connectivity index is 1.95. The van der Waals surface area contributed by atoms with Gasteiger partial charge in [-0.15, -0.1) is 0 Å². The predicted molar refractivity (Wildman–Crippen MR) is 129 cm³/mol. The van der Waals surface area contributed by atoms with Crippen molar-refractivity contribution in [3.63, 3.8) is 0 Å². The summed E-state index contributed by atoms with van der Waals surface area (Å²) in [6, 6.07) is 24.4. The zero-order valence-electron chi connectivity index (χ0n) is 18.8. The van der Waals surface area contributed by atoms with Gasteiger partial charge in [0.05, 0.1) is 11.7 Å². The summed E-state index contributed by atoms with van der Waals surface area (Å²) in [7, 11) is -0.965. The Hall–Kier alpha value is -3.16. The number of nitrogens with one attached hydrogen (secondary N) is 1. The summed E-state index contributed by atoms with van der Waals surface area (Å²) in [5, 5.41) is 3.03. The molecule has 0 bridgehead atoms. The van der Waals surface area contributed by atoms with Gasteiger partial charge < -0.3 is 5.32 Å². The molecule has 1 N–H and O–H groups in total. The van der Waals surface area contributed by atoms with Gasteiger partial charge in [-0.1, -0.05) is 72.8 Å². The quantitative estimate of drug-likeness (QED) is 0.566. The van der Waals surface area contributed by atoms with Crippen LogP contribution < -0.4 is 9.62 Å². The summed E-state index contributed by atoms with van der Waals surface area (Å²) in [5.74, 6) is -0.394. The molecule has 0 unspecified atom stereocenters. The van der Waals surface area contributed by atoms with Crippen LogP contribution in [-0.2, 0) is 15.0 Å². The number of nitrogens with zero attached hydrogens (tertiary/aromatic N) is 2. The minimum Gasteiger partial charge on any atom is -0.344 e. The van der Waals surface area contributed by atoms with Crippen LogP contribution in [0.15, 0.2) is 78.9 Å². The molecule has 0 aliphatic heterocycles. The summed E-state index contributed by atoms with van der Waals surface area (Å²) >= 11 is 0. The zero-order valence-corrected chi connectivity index (χ0v) is 19.6. The number of carbonyl (C=O) groups excluding carboxylic acids is 1. The molecular weight excluding hydrogens is 422 g/mol. The third kappa shape index (κ3) is 5.36. The van der Waals surface area contributed by atoms with Crippen LogP contribution in [0.1, 0.15) is 28.3 Å². The fourth-order valence-corrected chi connectivity index (χ4v) is 4.58. The molecule has 3 aromatic rings. The Morgan fingerprint density at radius 2 is 1.41 bits per heavy atom. The second kappa shape index (κ2) is 9.97. The van der Waals surface area contributed by atoms with Gasteiger partial charge in [-0.05, 0) is 42.2 Å². The van der Waals surface area contributed by atoms with Crippen molar-refractivity contribution >= 4 is 21.8 Å². The van der Waals surface area contributed by atoms with Crippen molar-refractivity contribution in [1.29, 1.82) is 0 Å². The van der Waals surface area contributed by atoms with E-state index in [0.717, 1.165) is 30.9 Å². The summed E-state index contributed by atoms with van der Waals surface area (Å²) in [4.78, 5) is 13.2. The van der Waals surface area contributed by atoms with E-state index in [-0.39, 0.29) is 6.54 Å². The van der Waals surface area contributed by atoms with Crippen molar-refractivity contribution in [1.82, 2.24) is 9.62 Å². The van der Waals surface area contributed by atoms with Gasteiger partial charge in [0, 0.05) is 14.1 Å². The lowest BCUT2D eigenvalue weighted by molar-refractivity contribution is -0.120. The van der Waals surface area contributed by atoms with Gasteiger partial charge in [-0.3, -0.25) is 4.79 Å². The minimum atomic E-state index is -3.89. The van der Waals surface area contributed by atoms with Crippen LogP contribution in [0.3, 0.4) is 0 Å². The van der Waals surface area contributed by atoms with E-state index in [2.05, 4.69) is 5.32 Å². The molecule has 0 atom stereocenters. The molecule has 3 rings (SSSR count). The lowest BCUT2D eigenvalue weighted by Gasteiger charge is -2.29. The maximum Gasteiger partial charge on any atom is 0.304 e. The average Bonchev–Trinajstić information content (AvgIpc) is 2.78. The number of anilines is 1. The summed E-state index contributed by atoms with van der Waals surface area (Å²) in [6.45, 7) is 3.40. The lowest BCUT2D eigenvalue weighted by Crippen LogP contribution is -2.46. The molecule has 0 aliphatic carbocycles. The van der Waals surface area contributed by atoms with Gasteiger partial charge in [0.1, 0.15) is 6.54 Å². The maximum absolute atomic E-state index is 13.2. The smallest absolute Gasteiger partial charge is 0.304 e. The van der Waals surface area contributed by atoms with Crippen LogP contribution in [0.2, 0.25) is 0 Å². The highest BCUT2D eigenvalue weighted by Crippen LogP contribution is 2.26. The monoisotopic (exact) mass is 451 g/mol. The van der Waals surface area contributed by atoms with Crippen LogP contribution in [0, 0.1) is 13.8 Å². The van der Waals surface area contributed by atoms with E-state index < -0.39 is 22.2 Å². The van der Waals surface area contributed by atoms with Crippen molar-refractivity contribution in [2.24, 2.45) is 0 Å². The van der Waals surface area contributed by atoms with Gasteiger partial charge in [0.15, 0.2) is 0 Å². The van der Waals surface area contributed by atoms with E-state index in [1.165, 1.54) is 14.1 Å². The van der Waals surface area contributed by atoms with Gasteiger partial charge in [-0.2, -0.15) is 12.7 Å². The average molecular weight is 452 g/mol. The molecule has 7 heteroatoms. The van der Waals surface area contributed by atoms with Crippen LogP contribution in [0.5, 0.6) is 0 Å². The number of amides is 1. The van der Waals surface area contributed by atoms with Crippen molar-refractivity contribution < 1.29 is 13.2 Å². The lowest BCUT2D eigenvalue weighted by atomic mass is 9.99. The Morgan fingerprint density at radius 1 is 0.875 bits per heavy atom. The molecular formula is C25H29N3O3S. The number of aryl methyl sites for hydroxylation is 2. The van der Waals surface area contributed by atoms with Crippen LogP contribution >= 0.6 is 0 Å². The minimum absolute atomic E-state index is 0.332. The van der Waals surface area contributed by atoms with Gasteiger partial charge in [0.25, 0.3) is 0 Å². The Bertz CT molecular complexity index is 1120. The van der Waals surface area contributed by atoms with Crippen molar-refractivity contribution in [3.8, 4) is 0 Å². The summed E-state index contributed by atoms with van der Waals surface area (Å²) < 4.78 is 28.5. The van der Waals surface area contributed by atoms with Gasteiger partial charge in [-0.25, -0.2) is 4.31 Å². The second-order valence-corrected chi connectivity index (χ2v) is 9.98. The third-order valence-corrected chi connectivity index (χ3v) is 7.04. The Kier molecular flexibility index (Phi) is 7.33.